The van der Waals surface area contributed by atoms with Crippen molar-refractivity contribution in [3.05, 3.63) is 119 Å². The topological polar surface area (TPSA) is 36.9 Å². The van der Waals surface area contributed by atoms with Gasteiger partial charge in [0.05, 0.1) is 0 Å². The van der Waals surface area contributed by atoms with Crippen LogP contribution in [0.25, 0.3) is 0 Å². The zero-order valence-corrected chi connectivity index (χ0v) is 29.7. The first-order valence-electron chi connectivity index (χ1n) is 17.9. The summed E-state index contributed by atoms with van der Waals surface area (Å²) in [5.74, 6) is 4.46. The van der Waals surface area contributed by atoms with Crippen LogP contribution in [0.4, 0.5) is 0 Å². The summed E-state index contributed by atoms with van der Waals surface area (Å²) in [6.07, 6.45) is 6.83. The van der Waals surface area contributed by atoms with E-state index < -0.39 is 0 Å². The van der Waals surface area contributed by atoms with Gasteiger partial charge < -0.3 is 18.9 Å². The highest BCUT2D eigenvalue weighted by Crippen LogP contribution is 2.55. The van der Waals surface area contributed by atoms with Gasteiger partial charge in [-0.05, 0) is 132 Å². The largest absolute Gasteiger partial charge is 0.458 e. The standard InChI is InChI=1S/C44H52O4/c1-31-23-41(3,4)27-43(25-31)33-7-15-37(16-8-33)45-29-47-39-19-11-35(12-20-39)44(26-32(2)24-42(5,6)28-44)36-13-21-40(22-14-36)48-30-46-38-17-9-34(43)10-18-38/h7-22,31-32H,23-30H2,1-6H3. The average molecular weight is 645 g/mol. The molecule has 2 atom stereocenters. The van der Waals surface area contributed by atoms with Gasteiger partial charge in [-0.1, -0.05) is 90.1 Å². The summed E-state index contributed by atoms with van der Waals surface area (Å²) < 4.78 is 24.5. The predicted molar refractivity (Wildman–Crippen MR) is 193 cm³/mol. The van der Waals surface area contributed by atoms with Crippen molar-refractivity contribution in [3.8, 4) is 23.0 Å². The van der Waals surface area contributed by atoms with Crippen LogP contribution in [0.15, 0.2) is 97.1 Å². The highest BCUT2D eigenvalue weighted by molar-refractivity contribution is 5.46. The molecule has 2 fully saturated rings. The Morgan fingerprint density at radius 3 is 0.875 bits per heavy atom. The Morgan fingerprint density at radius 1 is 0.396 bits per heavy atom. The summed E-state index contributed by atoms with van der Waals surface area (Å²) in [6, 6.07) is 34.9. The lowest BCUT2D eigenvalue weighted by molar-refractivity contribution is 0.118. The predicted octanol–water partition coefficient (Wildman–Crippen LogP) is 11.1. The molecule has 9 aliphatic rings. The maximum atomic E-state index is 6.13. The molecule has 0 amide bonds. The Morgan fingerprint density at radius 2 is 0.646 bits per heavy atom. The van der Waals surface area contributed by atoms with Crippen molar-refractivity contribution < 1.29 is 18.9 Å². The van der Waals surface area contributed by atoms with Gasteiger partial charge in [-0.3, -0.25) is 0 Å². The van der Waals surface area contributed by atoms with Crippen molar-refractivity contribution >= 4 is 0 Å². The fourth-order valence-corrected chi connectivity index (χ4v) is 10.2. The van der Waals surface area contributed by atoms with Gasteiger partial charge >= 0.3 is 0 Å². The Balaban J connectivity index is 1.23. The van der Waals surface area contributed by atoms with Crippen LogP contribution >= 0.6 is 0 Å². The van der Waals surface area contributed by atoms with Gasteiger partial charge in [-0.15, -0.1) is 0 Å². The van der Waals surface area contributed by atoms with Crippen LogP contribution in [0, 0.1) is 22.7 Å². The molecule has 2 saturated carbocycles. The molecule has 0 saturated heterocycles. The molecule has 252 valence electrons. The third kappa shape index (κ3) is 6.56. The monoisotopic (exact) mass is 644 g/mol. The van der Waals surface area contributed by atoms with E-state index in [0.717, 1.165) is 48.7 Å². The van der Waals surface area contributed by atoms with Gasteiger partial charge in [0.2, 0.25) is 13.6 Å². The minimum atomic E-state index is -0.0921. The Bertz CT molecular complexity index is 1460. The summed E-state index contributed by atoms with van der Waals surface area (Å²) in [6.45, 7) is 14.8. The minimum Gasteiger partial charge on any atom is -0.458 e. The molecule has 4 aromatic carbocycles. The van der Waals surface area contributed by atoms with E-state index in [9.17, 15) is 0 Å². The number of hydrogen-bond acceptors (Lipinski definition) is 4. The molecule has 4 heteroatoms. The highest BCUT2D eigenvalue weighted by Gasteiger charge is 2.46. The number of benzene rings is 4. The SMILES string of the molecule is CC1CC(C)(C)CC2(C1)c1ccc(cc1)OCOc1ccc(cc1)C1(CC(C)CC(C)(C)C1)c1ccc(cc1)OCOc1ccc2cc1. The van der Waals surface area contributed by atoms with E-state index in [1.165, 1.54) is 35.1 Å². The minimum absolute atomic E-state index is 0.0921. The lowest BCUT2D eigenvalue weighted by atomic mass is 9.55. The molecule has 0 aromatic heterocycles. The normalized spacial score (nSPS) is 27.9. The van der Waals surface area contributed by atoms with Crippen molar-refractivity contribution in [1.29, 1.82) is 0 Å². The van der Waals surface area contributed by atoms with E-state index in [1.807, 2.05) is 0 Å². The van der Waals surface area contributed by atoms with E-state index in [-0.39, 0.29) is 35.2 Å². The van der Waals surface area contributed by atoms with Gasteiger partial charge in [-0.2, -0.15) is 0 Å². The summed E-state index contributed by atoms with van der Waals surface area (Å²) in [5.41, 5.74) is 5.58. The smallest absolute Gasteiger partial charge is 0.230 e. The van der Waals surface area contributed by atoms with E-state index in [0.29, 0.717) is 11.8 Å². The maximum absolute atomic E-state index is 6.13. The molecule has 2 spiro atoms. The summed E-state index contributed by atoms with van der Waals surface area (Å²) in [5, 5.41) is 0. The van der Waals surface area contributed by atoms with Crippen LogP contribution in [-0.4, -0.2) is 13.6 Å². The lowest BCUT2D eigenvalue weighted by Crippen LogP contribution is -2.41. The molecular weight excluding hydrogens is 592 g/mol. The molecule has 0 radical (unpaired) electrons. The van der Waals surface area contributed by atoms with Crippen LogP contribution in [-0.2, 0) is 10.8 Å². The molecule has 7 aliphatic heterocycles. The van der Waals surface area contributed by atoms with Crippen molar-refractivity contribution in [2.45, 2.75) is 90.9 Å². The molecule has 7 heterocycles. The molecule has 0 N–H and O–H groups in total. The van der Waals surface area contributed by atoms with Crippen molar-refractivity contribution in [3.63, 3.8) is 0 Å². The van der Waals surface area contributed by atoms with E-state index in [1.54, 1.807) is 0 Å². The third-order valence-corrected chi connectivity index (χ3v) is 11.3. The molecule has 4 nitrogen and oxygen atoms in total. The number of hydrogen-bond donors (Lipinski definition) is 0. The van der Waals surface area contributed by atoms with Crippen LogP contribution < -0.4 is 18.9 Å². The molecule has 2 aliphatic carbocycles. The van der Waals surface area contributed by atoms with Gasteiger partial charge in [0.25, 0.3) is 0 Å². The first kappa shape index (κ1) is 32.6. The fourth-order valence-electron chi connectivity index (χ4n) is 10.2. The maximum Gasteiger partial charge on any atom is 0.230 e. The van der Waals surface area contributed by atoms with E-state index >= 15 is 0 Å². The lowest BCUT2D eigenvalue weighted by Gasteiger charge is -2.48. The summed E-state index contributed by atoms with van der Waals surface area (Å²) in [4.78, 5) is 0. The number of ether oxygens (including phenoxy) is 4. The van der Waals surface area contributed by atoms with Crippen LogP contribution in [0.2, 0.25) is 0 Å². The molecule has 13 rings (SSSR count). The van der Waals surface area contributed by atoms with Crippen LogP contribution in [0.3, 0.4) is 0 Å². The molecule has 2 unspecified atom stereocenters. The zero-order chi connectivity index (χ0) is 33.6. The van der Waals surface area contributed by atoms with E-state index in [4.69, 9.17) is 18.9 Å². The third-order valence-electron chi connectivity index (χ3n) is 11.3. The zero-order valence-electron chi connectivity index (χ0n) is 29.7. The van der Waals surface area contributed by atoms with Crippen LogP contribution in [0.5, 0.6) is 23.0 Å². The number of rotatable bonds is 0. The molecular formula is C44H52O4. The van der Waals surface area contributed by atoms with Gasteiger partial charge in [-0.25, -0.2) is 0 Å². The molecule has 8 bridgehead atoms. The van der Waals surface area contributed by atoms with Crippen molar-refractivity contribution in [1.82, 2.24) is 0 Å². The van der Waals surface area contributed by atoms with Crippen LogP contribution in [0.1, 0.15) is 102 Å². The highest BCUT2D eigenvalue weighted by atomic mass is 16.7. The quantitative estimate of drug-likeness (QED) is 0.191. The molecule has 4 aromatic rings. The summed E-state index contributed by atoms with van der Waals surface area (Å²) >= 11 is 0. The second-order valence-corrected chi connectivity index (χ2v) is 16.8. The Labute approximate surface area is 287 Å². The molecule has 48 heavy (non-hydrogen) atoms. The first-order valence-corrected chi connectivity index (χ1v) is 17.9. The second kappa shape index (κ2) is 12.5. The van der Waals surface area contributed by atoms with Crippen molar-refractivity contribution in [2.24, 2.45) is 22.7 Å². The fraction of sp³-hybridized carbons (Fsp3) is 0.455. The first-order chi connectivity index (χ1) is 22.9. The Hall–Kier alpha value is -3.92. The second-order valence-electron chi connectivity index (χ2n) is 16.8. The van der Waals surface area contributed by atoms with Gasteiger partial charge in [0, 0.05) is 10.8 Å². The summed E-state index contributed by atoms with van der Waals surface area (Å²) in [7, 11) is 0. The van der Waals surface area contributed by atoms with Gasteiger partial charge in [0.1, 0.15) is 23.0 Å². The van der Waals surface area contributed by atoms with Gasteiger partial charge in [0.15, 0.2) is 0 Å². The average Bonchev–Trinajstić information content (AvgIpc) is 3.04. The van der Waals surface area contributed by atoms with E-state index in [2.05, 4.69) is 139 Å². The Kier molecular flexibility index (Phi) is 8.50. The van der Waals surface area contributed by atoms with Crippen molar-refractivity contribution in [2.75, 3.05) is 13.6 Å².